The Kier molecular flexibility index (Phi) is 6.28. The minimum Gasteiger partial charge on any atom is -0.342 e. The average Bonchev–Trinajstić information content (AvgIpc) is 2.60. The van der Waals surface area contributed by atoms with Crippen LogP contribution < -0.4 is 0 Å². The van der Waals surface area contributed by atoms with Gasteiger partial charge in [-0.05, 0) is 32.0 Å². The first-order valence-electron chi connectivity index (χ1n) is 8.54. The van der Waals surface area contributed by atoms with Gasteiger partial charge in [0.1, 0.15) is 0 Å². The molecule has 0 N–H and O–H groups in total. The molecule has 0 bridgehead atoms. The Bertz CT molecular complexity index is 653. The van der Waals surface area contributed by atoms with Gasteiger partial charge in [0.15, 0.2) is 0 Å². The van der Waals surface area contributed by atoms with E-state index in [4.69, 9.17) is 0 Å². The maximum atomic E-state index is 12.8. The van der Waals surface area contributed by atoms with E-state index in [1.807, 2.05) is 18.7 Å². The van der Waals surface area contributed by atoms with E-state index in [0.29, 0.717) is 26.2 Å². The molecule has 5 nitrogen and oxygen atoms in total. The molecule has 1 fully saturated rings. The van der Waals surface area contributed by atoms with Crippen molar-refractivity contribution in [2.45, 2.75) is 26.1 Å². The van der Waals surface area contributed by atoms with Gasteiger partial charge in [0.2, 0.25) is 5.91 Å². The van der Waals surface area contributed by atoms with Crippen LogP contribution in [0, 0.1) is 0 Å². The minimum atomic E-state index is -4.47. The number of likely N-dealkylation sites (N-methyl/N-ethyl adjacent to an activating group) is 1. The molecule has 144 valence electrons. The molecule has 26 heavy (non-hydrogen) atoms. The first-order valence-corrected chi connectivity index (χ1v) is 8.54. The first-order chi connectivity index (χ1) is 12.1. The Labute approximate surface area is 151 Å². The summed E-state index contributed by atoms with van der Waals surface area (Å²) in [5.41, 5.74) is -0.798. The van der Waals surface area contributed by atoms with Gasteiger partial charge in [-0.2, -0.15) is 13.2 Å². The molecule has 0 radical (unpaired) electrons. The highest BCUT2D eigenvalue weighted by Crippen LogP contribution is 2.29. The van der Waals surface area contributed by atoms with Gasteiger partial charge in [0.05, 0.1) is 12.1 Å². The highest BCUT2D eigenvalue weighted by atomic mass is 19.4. The second-order valence-electron chi connectivity index (χ2n) is 6.75. The van der Waals surface area contributed by atoms with Crippen LogP contribution >= 0.6 is 0 Å². The summed E-state index contributed by atoms with van der Waals surface area (Å²) in [5, 5.41) is 0. The van der Waals surface area contributed by atoms with Gasteiger partial charge in [-0.1, -0.05) is 6.07 Å². The smallest absolute Gasteiger partial charge is 0.342 e. The van der Waals surface area contributed by atoms with E-state index >= 15 is 0 Å². The third kappa shape index (κ3) is 4.97. The molecule has 1 aromatic rings. The fourth-order valence-electron chi connectivity index (χ4n) is 2.71. The lowest BCUT2D eigenvalue weighted by atomic mass is 10.1. The highest BCUT2D eigenvalue weighted by molar-refractivity contribution is 5.94. The maximum absolute atomic E-state index is 12.8. The molecule has 2 rings (SSSR count). The van der Waals surface area contributed by atoms with Gasteiger partial charge < -0.3 is 9.80 Å². The summed E-state index contributed by atoms with van der Waals surface area (Å²) in [6, 6.07) is 4.59. The Morgan fingerprint density at radius 1 is 1.15 bits per heavy atom. The lowest BCUT2D eigenvalue weighted by Gasteiger charge is -2.35. The lowest BCUT2D eigenvalue weighted by Crippen LogP contribution is -2.51. The number of hydrogen-bond acceptors (Lipinski definition) is 3. The van der Waals surface area contributed by atoms with Crippen LogP contribution in [0.15, 0.2) is 24.3 Å². The van der Waals surface area contributed by atoms with E-state index in [-0.39, 0.29) is 24.1 Å². The molecule has 2 amide bonds. The number of halogens is 3. The van der Waals surface area contributed by atoms with E-state index in [1.54, 1.807) is 11.9 Å². The molecule has 1 heterocycles. The molecule has 1 aliphatic heterocycles. The van der Waals surface area contributed by atoms with Crippen molar-refractivity contribution >= 4 is 11.8 Å². The molecule has 0 atom stereocenters. The Morgan fingerprint density at radius 3 is 2.31 bits per heavy atom. The molecule has 0 spiro atoms. The minimum absolute atomic E-state index is 0.0117. The molecule has 0 saturated carbocycles. The van der Waals surface area contributed by atoms with Crippen LogP contribution in [0.25, 0.3) is 0 Å². The van der Waals surface area contributed by atoms with Crippen molar-refractivity contribution < 1.29 is 22.8 Å². The highest BCUT2D eigenvalue weighted by Gasteiger charge is 2.32. The van der Waals surface area contributed by atoms with Crippen molar-refractivity contribution in [3.63, 3.8) is 0 Å². The third-order valence-corrected chi connectivity index (χ3v) is 4.62. The largest absolute Gasteiger partial charge is 0.416 e. The number of carbonyl (C=O) groups is 2. The van der Waals surface area contributed by atoms with Gasteiger partial charge in [0.25, 0.3) is 5.91 Å². The fraction of sp³-hybridized carbons (Fsp3) is 0.556. The molecule has 0 aromatic heterocycles. The summed E-state index contributed by atoms with van der Waals surface area (Å²) < 4.78 is 38.4. The molecule has 8 heteroatoms. The number of piperazine rings is 1. The normalized spacial score (nSPS) is 16.0. The number of alkyl halides is 3. The predicted molar refractivity (Wildman–Crippen MR) is 91.7 cm³/mol. The predicted octanol–water partition coefficient (Wildman–Crippen LogP) is 2.33. The maximum Gasteiger partial charge on any atom is 0.416 e. The summed E-state index contributed by atoms with van der Waals surface area (Å²) in [6.45, 7) is 5.94. The Hall–Kier alpha value is -2.09. The SMILES string of the molecule is CC(C)N(C)C(=O)CN1CCN(C(=O)c2cccc(C(F)(F)F)c2)CC1. The van der Waals surface area contributed by atoms with Crippen LogP contribution in [0.4, 0.5) is 13.2 Å². The summed E-state index contributed by atoms with van der Waals surface area (Å²) in [6.07, 6.45) is -4.47. The van der Waals surface area contributed by atoms with Crippen LogP contribution in [0.1, 0.15) is 29.8 Å². The number of benzene rings is 1. The van der Waals surface area contributed by atoms with Gasteiger partial charge >= 0.3 is 6.18 Å². The van der Waals surface area contributed by atoms with Crippen molar-refractivity contribution in [3.05, 3.63) is 35.4 Å². The van der Waals surface area contributed by atoms with E-state index in [1.165, 1.54) is 17.0 Å². The zero-order chi connectivity index (χ0) is 19.5. The van der Waals surface area contributed by atoms with Crippen molar-refractivity contribution in [2.75, 3.05) is 39.8 Å². The molecule has 0 unspecified atom stereocenters. The molecular weight excluding hydrogens is 347 g/mol. The van der Waals surface area contributed by atoms with E-state index in [0.717, 1.165) is 12.1 Å². The zero-order valence-electron chi connectivity index (χ0n) is 15.2. The molecule has 1 aromatic carbocycles. The number of rotatable bonds is 4. The van der Waals surface area contributed by atoms with Crippen LogP contribution in [0.3, 0.4) is 0 Å². The first kappa shape index (κ1) is 20.2. The number of nitrogens with zero attached hydrogens (tertiary/aromatic N) is 3. The average molecular weight is 371 g/mol. The van der Waals surface area contributed by atoms with Gasteiger partial charge in [-0.15, -0.1) is 0 Å². The summed E-state index contributed by atoms with van der Waals surface area (Å²) in [4.78, 5) is 29.7. The fourth-order valence-corrected chi connectivity index (χ4v) is 2.71. The Morgan fingerprint density at radius 2 is 1.77 bits per heavy atom. The molecule has 0 aliphatic carbocycles. The third-order valence-electron chi connectivity index (χ3n) is 4.62. The van der Waals surface area contributed by atoms with Crippen LogP contribution in [-0.4, -0.2) is 72.3 Å². The van der Waals surface area contributed by atoms with E-state index in [2.05, 4.69) is 0 Å². The molecular formula is C18H24F3N3O2. The zero-order valence-corrected chi connectivity index (χ0v) is 15.2. The van der Waals surface area contributed by atoms with Crippen molar-refractivity contribution in [3.8, 4) is 0 Å². The number of hydrogen-bond donors (Lipinski definition) is 0. The van der Waals surface area contributed by atoms with Gasteiger partial charge in [-0.3, -0.25) is 14.5 Å². The summed E-state index contributed by atoms with van der Waals surface area (Å²) in [5.74, 6) is -0.404. The van der Waals surface area contributed by atoms with Crippen LogP contribution in [-0.2, 0) is 11.0 Å². The van der Waals surface area contributed by atoms with Crippen molar-refractivity contribution in [2.24, 2.45) is 0 Å². The van der Waals surface area contributed by atoms with Gasteiger partial charge in [-0.25, -0.2) is 0 Å². The standard InChI is InChI=1S/C18H24F3N3O2/c1-13(2)22(3)16(25)12-23-7-9-24(10-8-23)17(26)14-5-4-6-15(11-14)18(19,20)21/h4-6,11,13H,7-10,12H2,1-3H3. The summed E-state index contributed by atoms with van der Waals surface area (Å²) in [7, 11) is 1.75. The number of carbonyl (C=O) groups excluding carboxylic acids is 2. The van der Waals surface area contributed by atoms with Crippen molar-refractivity contribution in [1.29, 1.82) is 0 Å². The number of amides is 2. The molecule has 1 saturated heterocycles. The van der Waals surface area contributed by atoms with Gasteiger partial charge in [0, 0.05) is 44.8 Å². The topological polar surface area (TPSA) is 43.9 Å². The lowest BCUT2D eigenvalue weighted by molar-refractivity contribution is -0.137. The second kappa shape index (κ2) is 8.07. The van der Waals surface area contributed by atoms with Crippen molar-refractivity contribution in [1.82, 2.24) is 14.7 Å². The van der Waals surface area contributed by atoms with Crippen LogP contribution in [0.5, 0.6) is 0 Å². The quantitative estimate of drug-likeness (QED) is 0.816. The monoisotopic (exact) mass is 371 g/mol. The van der Waals surface area contributed by atoms with E-state index in [9.17, 15) is 22.8 Å². The second-order valence-corrected chi connectivity index (χ2v) is 6.75. The van der Waals surface area contributed by atoms with E-state index < -0.39 is 17.6 Å². The van der Waals surface area contributed by atoms with Crippen LogP contribution in [0.2, 0.25) is 0 Å². The Balaban J connectivity index is 1.94. The molecule has 1 aliphatic rings. The summed E-state index contributed by atoms with van der Waals surface area (Å²) >= 11 is 0.